The maximum absolute atomic E-state index is 12.5. The molecule has 0 saturated carbocycles. The van der Waals surface area contributed by atoms with Gasteiger partial charge >= 0.3 is 0 Å². The van der Waals surface area contributed by atoms with Gasteiger partial charge in [0, 0.05) is 43.3 Å². The van der Waals surface area contributed by atoms with Crippen LogP contribution < -0.4 is 16.0 Å². The Morgan fingerprint density at radius 3 is 2.52 bits per heavy atom. The minimum Gasteiger partial charge on any atom is -0.361 e. The van der Waals surface area contributed by atoms with Crippen molar-refractivity contribution >= 4 is 51.9 Å². The molecule has 1 aromatic carbocycles. The second-order valence-electron chi connectivity index (χ2n) is 8.94. The maximum Gasteiger partial charge on any atom is 0.242 e. The lowest BCUT2D eigenvalue weighted by molar-refractivity contribution is -0.136. The molecule has 1 fully saturated rings. The zero-order valence-corrected chi connectivity index (χ0v) is 20.7. The number of carbonyl (C=O) groups is 1. The van der Waals surface area contributed by atoms with E-state index in [1.165, 1.54) is 0 Å². The highest BCUT2D eigenvalue weighted by molar-refractivity contribution is 6.35. The van der Waals surface area contributed by atoms with E-state index < -0.39 is 5.54 Å². The summed E-state index contributed by atoms with van der Waals surface area (Å²) >= 11 is 12.5. The Labute approximate surface area is 202 Å². The van der Waals surface area contributed by atoms with Gasteiger partial charge in [-0.05, 0) is 38.5 Å². The van der Waals surface area contributed by atoms with Crippen molar-refractivity contribution in [2.75, 3.05) is 36.4 Å². The quantitative estimate of drug-likeness (QED) is 0.565. The first-order valence-electron chi connectivity index (χ1n) is 10.8. The third kappa shape index (κ3) is 5.00. The Balaban J connectivity index is 1.59. The van der Waals surface area contributed by atoms with Gasteiger partial charge in [-0.15, -0.1) is 0 Å². The van der Waals surface area contributed by atoms with Crippen LogP contribution in [0.25, 0.3) is 11.0 Å². The zero-order chi connectivity index (χ0) is 23.9. The van der Waals surface area contributed by atoms with Crippen LogP contribution in [0.2, 0.25) is 10.0 Å². The van der Waals surface area contributed by atoms with Crippen LogP contribution in [0.1, 0.15) is 32.4 Å². The van der Waals surface area contributed by atoms with Crippen molar-refractivity contribution in [2.45, 2.75) is 32.4 Å². The van der Waals surface area contributed by atoms with Gasteiger partial charge in [-0.2, -0.15) is 10.1 Å². The van der Waals surface area contributed by atoms with Crippen molar-refractivity contribution in [1.29, 1.82) is 0 Å². The molecule has 0 spiro atoms. The summed E-state index contributed by atoms with van der Waals surface area (Å²) in [5.74, 6) is 1.16. The van der Waals surface area contributed by atoms with E-state index in [0.29, 0.717) is 53.5 Å². The molecular formula is C22H28Cl2N8O. The predicted molar refractivity (Wildman–Crippen MR) is 132 cm³/mol. The molecule has 9 nitrogen and oxygen atoms in total. The predicted octanol–water partition coefficient (Wildman–Crippen LogP) is 3.23. The second-order valence-corrected chi connectivity index (χ2v) is 9.79. The third-order valence-corrected chi connectivity index (χ3v) is 6.21. The molecule has 1 saturated heterocycles. The van der Waals surface area contributed by atoms with E-state index in [4.69, 9.17) is 38.9 Å². The van der Waals surface area contributed by atoms with E-state index in [1.807, 2.05) is 32.3 Å². The monoisotopic (exact) mass is 490 g/mol. The van der Waals surface area contributed by atoms with E-state index in [2.05, 4.69) is 15.3 Å². The molecule has 3 N–H and O–H groups in total. The molecule has 33 heavy (non-hydrogen) atoms. The van der Waals surface area contributed by atoms with Gasteiger partial charge in [0.2, 0.25) is 11.9 Å². The number of carbonyl (C=O) groups excluding carboxylic acids is 1. The topological polar surface area (TPSA) is 105 Å². The number of hydrogen-bond donors (Lipinski definition) is 2. The summed E-state index contributed by atoms with van der Waals surface area (Å²) < 4.78 is 1.72. The number of nitrogens with zero attached hydrogens (tertiary/aromatic N) is 6. The Kier molecular flexibility index (Phi) is 6.39. The molecule has 0 aliphatic carbocycles. The molecule has 0 bridgehead atoms. The largest absolute Gasteiger partial charge is 0.361 e. The lowest BCUT2D eigenvalue weighted by Gasteiger charge is -2.37. The van der Waals surface area contributed by atoms with Crippen LogP contribution in [-0.2, 0) is 11.8 Å². The lowest BCUT2D eigenvalue weighted by Crippen LogP contribution is -2.57. The van der Waals surface area contributed by atoms with Crippen LogP contribution >= 0.6 is 23.2 Å². The number of nitrogens with two attached hydrogens (primary N) is 1. The molecule has 3 heterocycles. The highest BCUT2D eigenvalue weighted by atomic mass is 35.5. The minimum absolute atomic E-state index is 0.0539. The molecular weight excluding hydrogens is 463 g/mol. The van der Waals surface area contributed by atoms with Gasteiger partial charge in [-0.25, -0.2) is 4.98 Å². The summed E-state index contributed by atoms with van der Waals surface area (Å²) in [6.07, 6.45) is 1.86. The van der Waals surface area contributed by atoms with Crippen molar-refractivity contribution < 1.29 is 4.79 Å². The highest BCUT2D eigenvalue weighted by Gasteiger charge is 2.31. The summed E-state index contributed by atoms with van der Waals surface area (Å²) in [6, 6.07) is 5.30. The molecule has 0 unspecified atom stereocenters. The van der Waals surface area contributed by atoms with Crippen molar-refractivity contribution in [1.82, 2.24) is 24.6 Å². The molecule has 1 aliphatic rings. The number of aryl methyl sites for hydroxylation is 1. The number of nitrogens with one attached hydrogen (secondary N) is 1. The van der Waals surface area contributed by atoms with E-state index in [1.54, 1.807) is 29.5 Å². The van der Waals surface area contributed by atoms with Crippen molar-refractivity contribution in [2.24, 2.45) is 12.8 Å². The van der Waals surface area contributed by atoms with Crippen molar-refractivity contribution in [3.05, 3.63) is 40.0 Å². The van der Waals surface area contributed by atoms with Crippen LogP contribution in [-0.4, -0.2) is 62.3 Å². The van der Waals surface area contributed by atoms with Gasteiger partial charge in [0.25, 0.3) is 0 Å². The SMILES string of the molecule is C[C@@H](Nc1nc(N2CCN(C(=O)C(C)(C)N)CC2)nc2cn(C)nc12)c1ccc(Cl)cc1Cl. The molecule has 11 heteroatoms. The van der Waals surface area contributed by atoms with Crippen LogP contribution in [0.15, 0.2) is 24.4 Å². The number of benzene rings is 1. The first-order chi connectivity index (χ1) is 15.5. The van der Waals surface area contributed by atoms with Gasteiger partial charge in [0.1, 0.15) is 5.52 Å². The minimum atomic E-state index is -0.885. The highest BCUT2D eigenvalue weighted by Crippen LogP contribution is 2.31. The number of aromatic nitrogens is 4. The number of amides is 1. The second kappa shape index (κ2) is 8.96. The lowest BCUT2D eigenvalue weighted by atomic mass is 10.1. The Morgan fingerprint density at radius 2 is 1.88 bits per heavy atom. The fraction of sp³-hybridized carbons (Fsp3) is 0.455. The number of anilines is 2. The number of piperazine rings is 1. The Morgan fingerprint density at radius 1 is 1.18 bits per heavy atom. The summed E-state index contributed by atoms with van der Waals surface area (Å²) in [5, 5.41) is 9.14. The van der Waals surface area contributed by atoms with Gasteiger partial charge in [-0.1, -0.05) is 29.3 Å². The Hall–Kier alpha value is -2.62. The normalized spacial score (nSPS) is 15.7. The molecule has 3 aromatic rings. The number of hydrogen-bond acceptors (Lipinski definition) is 7. The number of halogens is 2. The average molecular weight is 491 g/mol. The third-order valence-electron chi connectivity index (χ3n) is 5.65. The van der Waals surface area contributed by atoms with E-state index >= 15 is 0 Å². The summed E-state index contributed by atoms with van der Waals surface area (Å²) in [5.41, 5.74) is 7.42. The molecule has 2 aromatic heterocycles. The summed E-state index contributed by atoms with van der Waals surface area (Å²) in [4.78, 5) is 25.9. The average Bonchev–Trinajstić information content (AvgIpc) is 3.13. The molecule has 4 rings (SSSR count). The van der Waals surface area contributed by atoms with Gasteiger partial charge < -0.3 is 20.9 Å². The van der Waals surface area contributed by atoms with E-state index in [-0.39, 0.29) is 11.9 Å². The standard InChI is InChI=1S/C22H28Cl2N8O/c1-13(15-6-5-14(23)11-16(15)24)26-19-18-17(12-30(4)29-18)27-21(28-19)32-9-7-31(8-10-32)20(33)22(2,3)25/h5-6,11-13H,7-10,25H2,1-4H3,(H,26,27,28)/t13-/m1/s1. The van der Waals surface area contributed by atoms with Gasteiger partial charge in [0.15, 0.2) is 11.3 Å². The van der Waals surface area contributed by atoms with E-state index in [9.17, 15) is 4.79 Å². The molecule has 1 amide bonds. The Bertz CT molecular complexity index is 1180. The molecule has 1 aliphatic heterocycles. The number of fused-ring (bicyclic) bond motifs is 1. The van der Waals surface area contributed by atoms with Crippen LogP contribution in [0, 0.1) is 0 Å². The number of rotatable bonds is 5. The molecule has 1 atom stereocenters. The smallest absolute Gasteiger partial charge is 0.242 e. The summed E-state index contributed by atoms with van der Waals surface area (Å²) in [7, 11) is 1.85. The first kappa shape index (κ1) is 23.5. The maximum atomic E-state index is 12.5. The summed E-state index contributed by atoms with van der Waals surface area (Å²) in [6.45, 7) is 7.82. The van der Waals surface area contributed by atoms with Crippen LogP contribution in [0.3, 0.4) is 0 Å². The zero-order valence-electron chi connectivity index (χ0n) is 19.1. The van der Waals surface area contributed by atoms with Crippen LogP contribution in [0.5, 0.6) is 0 Å². The van der Waals surface area contributed by atoms with Crippen LogP contribution in [0.4, 0.5) is 11.8 Å². The van der Waals surface area contributed by atoms with Gasteiger partial charge in [-0.3, -0.25) is 9.48 Å². The van der Waals surface area contributed by atoms with Crippen molar-refractivity contribution in [3.8, 4) is 0 Å². The first-order valence-corrected chi connectivity index (χ1v) is 11.5. The van der Waals surface area contributed by atoms with Gasteiger partial charge in [0.05, 0.1) is 17.8 Å². The fourth-order valence-corrected chi connectivity index (χ4v) is 4.48. The van der Waals surface area contributed by atoms with Crippen molar-refractivity contribution in [3.63, 3.8) is 0 Å². The fourth-order valence-electron chi connectivity index (χ4n) is 3.91. The molecule has 176 valence electrons. The van der Waals surface area contributed by atoms with E-state index in [0.717, 1.165) is 11.1 Å². The molecule has 0 radical (unpaired) electrons.